The van der Waals surface area contributed by atoms with Crippen LogP contribution < -0.4 is 0 Å². The molecule has 5 aromatic rings. The van der Waals surface area contributed by atoms with Crippen molar-refractivity contribution < 1.29 is 18.3 Å². The van der Waals surface area contributed by atoms with E-state index >= 15 is 0 Å². The molecule has 1 aliphatic rings. The summed E-state index contributed by atoms with van der Waals surface area (Å²) in [5.74, 6) is 0.333. The molecule has 1 N–H and O–H groups in total. The van der Waals surface area contributed by atoms with Crippen LogP contribution in [-0.2, 0) is 13.7 Å². The molecule has 34 heavy (non-hydrogen) atoms. The molecule has 1 aliphatic carbocycles. The molecule has 0 aliphatic heterocycles. The SMILES string of the molecule is Cn1cnnc1-c1cc(F)ccc1-c1cc(-c2nc3cc(CO)cc(F)c3o2)cc(C2CC2)c1. The highest BCUT2D eigenvalue weighted by atomic mass is 19.1. The van der Waals surface area contributed by atoms with Crippen LogP contribution >= 0.6 is 0 Å². The lowest BCUT2D eigenvalue weighted by molar-refractivity contribution is 0.281. The highest BCUT2D eigenvalue weighted by Gasteiger charge is 2.26. The molecule has 0 amide bonds. The molecular weight excluding hydrogens is 438 g/mol. The standard InChI is InChI=1S/C26H20F2N4O2/c1-32-13-29-31-25(32)21-11-19(27)4-5-20(21)17-8-16(15-2-3-15)9-18(10-17)26-30-23-7-14(12-33)6-22(28)24(23)34-26/h4-11,13,15,33H,2-3,12H2,1H3. The maximum Gasteiger partial charge on any atom is 0.227 e. The van der Waals surface area contributed by atoms with Crippen molar-refractivity contribution in [3.63, 3.8) is 0 Å². The van der Waals surface area contributed by atoms with E-state index in [1.807, 2.05) is 19.2 Å². The third-order valence-corrected chi connectivity index (χ3v) is 6.18. The van der Waals surface area contributed by atoms with E-state index in [0.29, 0.717) is 33.9 Å². The van der Waals surface area contributed by atoms with Gasteiger partial charge in [-0.3, -0.25) is 0 Å². The predicted octanol–water partition coefficient (Wildman–Crippen LogP) is 5.61. The van der Waals surface area contributed by atoms with Crippen molar-refractivity contribution in [3.8, 4) is 34.0 Å². The van der Waals surface area contributed by atoms with Gasteiger partial charge in [0.2, 0.25) is 5.89 Å². The van der Waals surface area contributed by atoms with Crippen LogP contribution in [-0.4, -0.2) is 24.9 Å². The van der Waals surface area contributed by atoms with E-state index in [2.05, 4.69) is 21.2 Å². The van der Waals surface area contributed by atoms with Crippen LogP contribution in [0.5, 0.6) is 0 Å². The van der Waals surface area contributed by atoms with Gasteiger partial charge in [-0.25, -0.2) is 13.8 Å². The Balaban J connectivity index is 1.54. The Labute approximate surface area is 193 Å². The summed E-state index contributed by atoms with van der Waals surface area (Å²) in [5.41, 5.74) is 4.92. The molecule has 1 fully saturated rings. The van der Waals surface area contributed by atoms with Gasteiger partial charge in [0, 0.05) is 18.2 Å². The van der Waals surface area contributed by atoms with Gasteiger partial charge in [0.05, 0.1) is 6.61 Å². The molecule has 2 aromatic heterocycles. The minimum Gasteiger partial charge on any atom is -0.433 e. The number of aryl methyl sites for hydroxylation is 1. The Morgan fingerprint density at radius 3 is 2.59 bits per heavy atom. The van der Waals surface area contributed by atoms with E-state index in [1.54, 1.807) is 23.0 Å². The summed E-state index contributed by atoms with van der Waals surface area (Å²) in [6, 6.07) is 13.5. The Hall–Kier alpha value is -3.91. The van der Waals surface area contributed by atoms with Gasteiger partial charge >= 0.3 is 0 Å². The molecule has 8 heteroatoms. The van der Waals surface area contributed by atoms with Gasteiger partial charge in [-0.2, -0.15) is 0 Å². The second-order valence-corrected chi connectivity index (χ2v) is 8.68. The van der Waals surface area contributed by atoms with Crippen molar-refractivity contribution in [3.05, 3.63) is 77.6 Å². The molecular formula is C26H20F2N4O2. The van der Waals surface area contributed by atoms with Crippen molar-refractivity contribution in [2.24, 2.45) is 7.05 Å². The molecule has 0 bridgehead atoms. The summed E-state index contributed by atoms with van der Waals surface area (Å²) in [7, 11) is 1.81. The van der Waals surface area contributed by atoms with E-state index < -0.39 is 5.82 Å². The Morgan fingerprint density at radius 2 is 1.85 bits per heavy atom. The molecule has 2 heterocycles. The molecule has 0 atom stereocenters. The number of nitrogens with zero attached hydrogens (tertiary/aromatic N) is 4. The van der Waals surface area contributed by atoms with Crippen LogP contribution in [0.15, 0.2) is 59.3 Å². The van der Waals surface area contributed by atoms with Crippen LogP contribution in [0.2, 0.25) is 0 Å². The van der Waals surface area contributed by atoms with Crippen molar-refractivity contribution in [2.75, 3.05) is 0 Å². The lowest BCUT2D eigenvalue weighted by Gasteiger charge is -2.12. The molecule has 0 saturated heterocycles. The first-order chi connectivity index (χ1) is 16.5. The largest absolute Gasteiger partial charge is 0.433 e. The van der Waals surface area contributed by atoms with E-state index in [9.17, 15) is 13.9 Å². The first-order valence-corrected chi connectivity index (χ1v) is 11.0. The molecule has 170 valence electrons. The van der Waals surface area contributed by atoms with Gasteiger partial charge in [-0.05, 0) is 77.4 Å². The topological polar surface area (TPSA) is 77.0 Å². The monoisotopic (exact) mass is 458 g/mol. The fourth-order valence-corrected chi connectivity index (χ4v) is 4.32. The van der Waals surface area contributed by atoms with E-state index in [1.165, 1.54) is 18.2 Å². The van der Waals surface area contributed by atoms with E-state index in [-0.39, 0.29) is 23.9 Å². The molecule has 0 spiro atoms. The number of fused-ring (bicyclic) bond motifs is 1. The van der Waals surface area contributed by atoms with Crippen LogP contribution in [0.3, 0.4) is 0 Å². The number of hydrogen-bond donors (Lipinski definition) is 1. The maximum atomic E-state index is 14.5. The normalized spacial score (nSPS) is 13.6. The quantitative estimate of drug-likeness (QED) is 0.371. The zero-order valence-electron chi connectivity index (χ0n) is 18.3. The molecule has 3 aromatic carbocycles. The summed E-state index contributed by atoms with van der Waals surface area (Å²) in [6.07, 6.45) is 3.75. The second-order valence-electron chi connectivity index (χ2n) is 8.68. The fourth-order valence-electron chi connectivity index (χ4n) is 4.32. The number of oxazole rings is 1. The van der Waals surface area contributed by atoms with Crippen LogP contribution in [0.25, 0.3) is 45.1 Å². The number of aromatic nitrogens is 4. The summed E-state index contributed by atoms with van der Waals surface area (Å²) < 4.78 is 36.3. The summed E-state index contributed by atoms with van der Waals surface area (Å²) in [4.78, 5) is 4.50. The molecule has 0 unspecified atom stereocenters. The van der Waals surface area contributed by atoms with Crippen molar-refractivity contribution in [1.82, 2.24) is 19.7 Å². The summed E-state index contributed by atoms with van der Waals surface area (Å²) in [5, 5.41) is 17.5. The van der Waals surface area contributed by atoms with Crippen LogP contribution in [0.1, 0.15) is 29.9 Å². The Morgan fingerprint density at radius 1 is 1.03 bits per heavy atom. The van der Waals surface area contributed by atoms with Gasteiger partial charge in [-0.1, -0.05) is 12.1 Å². The van der Waals surface area contributed by atoms with Crippen LogP contribution in [0.4, 0.5) is 8.78 Å². The van der Waals surface area contributed by atoms with Crippen molar-refractivity contribution in [2.45, 2.75) is 25.4 Å². The Kier molecular flexibility index (Phi) is 4.77. The molecule has 0 radical (unpaired) electrons. The van der Waals surface area contributed by atoms with Gasteiger partial charge < -0.3 is 14.1 Å². The first kappa shape index (κ1) is 20.7. The fraction of sp³-hybridized carbons (Fsp3) is 0.192. The first-order valence-electron chi connectivity index (χ1n) is 11.0. The minimum atomic E-state index is -0.568. The molecule has 6 nitrogen and oxygen atoms in total. The molecule has 1 saturated carbocycles. The van der Waals surface area contributed by atoms with E-state index in [4.69, 9.17) is 4.42 Å². The van der Waals surface area contributed by atoms with Gasteiger partial charge in [0.1, 0.15) is 17.7 Å². The van der Waals surface area contributed by atoms with Crippen molar-refractivity contribution >= 4 is 11.1 Å². The summed E-state index contributed by atoms with van der Waals surface area (Å²) >= 11 is 0. The number of aliphatic hydroxyl groups excluding tert-OH is 1. The maximum absolute atomic E-state index is 14.5. The van der Waals surface area contributed by atoms with Gasteiger partial charge in [0.15, 0.2) is 17.2 Å². The summed E-state index contributed by atoms with van der Waals surface area (Å²) in [6.45, 7) is -0.286. The van der Waals surface area contributed by atoms with Gasteiger partial charge in [-0.15, -0.1) is 10.2 Å². The predicted molar refractivity (Wildman–Crippen MR) is 123 cm³/mol. The highest BCUT2D eigenvalue weighted by molar-refractivity contribution is 5.84. The lowest BCUT2D eigenvalue weighted by Crippen LogP contribution is -1.96. The number of halogens is 2. The number of rotatable bonds is 5. The van der Waals surface area contributed by atoms with Gasteiger partial charge in [0.25, 0.3) is 0 Å². The zero-order chi connectivity index (χ0) is 23.4. The number of hydrogen-bond acceptors (Lipinski definition) is 5. The third kappa shape index (κ3) is 3.56. The third-order valence-electron chi connectivity index (χ3n) is 6.18. The number of aliphatic hydroxyl groups is 1. The van der Waals surface area contributed by atoms with E-state index in [0.717, 1.165) is 29.5 Å². The smallest absolute Gasteiger partial charge is 0.227 e. The lowest BCUT2D eigenvalue weighted by atomic mass is 9.94. The highest BCUT2D eigenvalue weighted by Crippen LogP contribution is 2.44. The van der Waals surface area contributed by atoms with Crippen molar-refractivity contribution in [1.29, 1.82) is 0 Å². The molecule has 6 rings (SSSR count). The second kappa shape index (κ2) is 7.85. The Bertz CT molecular complexity index is 1550. The number of benzene rings is 3. The average molecular weight is 458 g/mol. The van der Waals surface area contributed by atoms with Crippen LogP contribution in [0, 0.1) is 11.6 Å². The zero-order valence-corrected chi connectivity index (χ0v) is 18.3. The minimum absolute atomic E-state index is 0.0483. The average Bonchev–Trinajstić information content (AvgIpc) is 3.46.